The van der Waals surface area contributed by atoms with Gasteiger partial charge in [-0.15, -0.1) is 0 Å². The van der Waals surface area contributed by atoms with Crippen LogP contribution < -0.4 is 0 Å². The maximum absolute atomic E-state index is 12.7. The topological polar surface area (TPSA) is 20.2 Å². The van der Waals surface area contributed by atoms with E-state index in [0.717, 1.165) is 0 Å². The van der Waals surface area contributed by atoms with Gasteiger partial charge in [0.2, 0.25) is 0 Å². The summed E-state index contributed by atoms with van der Waals surface area (Å²) in [6.07, 6.45) is 0. The highest BCUT2D eigenvalue weighted by molar-refractivity contribution is 9.09. The largest absolute Gasteiger partial charge is 0.392 e. The van der Waals surface area contributed by atoms with E-state index in [1.165, 1.54) is 12.1 Å². The molecule has 1 aromatic carbocycles. The number of aliphatic hydroxyl groups is 1. The molecule has 1 rings (SSSR count). The number of hydrogen-bond donors (Lipinski definition) is 1. The zero-order valence-electron chi connectivity index (χ0n) is 6.85. The molecule has 0 radical (unpaired) electrons. The molecule has 0 amide bonds. The van der Waals surface area contributed by atoms with Gasteiger partial charge in [-0.3, -0.25) is 0 Å². The van der Waals surface area contributed by atoms with E-state index in [1.54, 1.807) is 6.07 Å². The van der Waals surface area contributed by atoms with E-state index in [9.17, 15) is 4.39 Å². The number of benzene rings is 1. The molecule has 0 saturated heterocycles. The summed E-state index contributed by atoms with van der Waals surface area (Å²) in [6.45, 7) is -0.190. The first-order valence-electron chi connectivity index (χ1n) is 3.72. The maximum atomic E-state index is 12.7. The van der Waals surface area contributed by atoms with Gasteiger partial charge in [-0.2, -0.15) is 0 Å². The van der Waals surface area contributed by atoms with Crippen molar-refractivity contribution in [2.75, 3.05) is 5.33 Å². The molecule has 3 heteroatoms. The minimum atomic E-state index is -0.353. The van der Waals surface area contributed by atoms with Crippen LogP contribution in [-0.4, -0.2) is 10.4 Å². The lowest BCUT2D eigenvalue weighted by molar-refractivity contribution is 0.281. The first-order valence-corrected chi connectivity index (χ1v) is 4.84. The number of rotatable bonds is 1. The summed E-state index contributed by atoms with van der Waals surface area (Å²) in [5.41, 5.74) is 1.19. The molecule has 13 heavy (non-hydrogen) atoms. The predicted molar refractivity (Wildman–Crippen MR) is 53.0 cm³/mol. The molecule has 0 aliphatic rings. The highest BCUT2D eigenvalue weighted by Crippen LogP contribution is 2.09. The summed E-state index contributed by atoms with van der Waals surface area (Å²) in [5, 5.41) is 9.46. The Morgan fingerprint density at radius 2 is 2.23 bits per heavy atom. The van der Waals surface area contributed by atoms with Gasteiger partial charge in [0.1, 0.15) is 5.82 Å². The third-order valence-electron chi connectivity index (χ3n) is 1.53. The number of alkyl halides is 1. The second-order valence-electron chi connectivity index (χ2n) is 2.39. The standard InChI is InChI=1S/C10H8BrFO/c11-5-1-2-8-3-4-10(12)6-9(8)7-13/h3-4,6,13H,5,7H2. The van der Waals surface area contributed by atoms with E-state index in [0.29, 0.717) is 16.5 Å². The van der Waals surface area contributed by atoms with E-state index in [-0.39, 0.29) is 12.4 Å². The van der Waals surface area contributed by atoms with Gasteiger partial charge in [-0.05, 0) is 23.8 Å². The van der Waals surface area contributed by atoms with Crippen molar-refractivity contribution >= 4 is 15.9 Å². The van der Waals surface area contributed by atoms with E-state index < -0.39 is 0 Å². The van der Waals surface area contributed by atoms with Crippen LogP contribution in [0.1, 0.15) is 11.1 Å². The molecule has 0 aromatic heterocycles. The summed E-state index contributed by atoms with van der Waals surface area (Å²) in [4.78, 5) is 0. The van der Waals surface area contributed by atoms with E-state index in [4.69, 9.17) is 5.11 Å². The lowest BCUT2D eigenvalue weighted by Gasteiger charge is -1.99. The van der Waals surface area contributed by atoms with Crippen LogP contribution in [0, 0.1) is 17.7 Å². The molecule has 0 bridgehead atoms. The Balaban J connectivity index is 3.06. The minimum absolute atomic E-state index is 0.190. The van der Waals surface area contributed by atoms with Gasteiger partial charge in [-0.1, -0.05) is 27.8 Å². The van der Waals surface area contributed by atoms with Gasteiger partial charge in [0, 0.05) is 5.56 Å². The quantitative estimate of drug-likeness (QED) is 0.591. The van der Waals surface area contributed by atoms with Crippen molar-refractivity contribution in [1.29, 1.82) is 0 Å². The van der Waals surface area contributed by atoms with Crippen molar-refractivity contribution in [1.82, 2.24) is 0 Å². The van der Waals surface area contributed by atoms with Crippen molar-refractivity contribution < 1.29 is 9.50 Å². The molecule has 0 aliphatic heterocycles. The second-order valence-corrected chi connectivity index (χ2v) is 2.96. The Morgan fingerprint density at radius 1 is 1.46 bits per heavy atom. The smallest absolute Gasteiger partial charge is 0.123 e. The van der Waals surface area contributed by atoms with Gasteiger partial charge in [-0.25, -0.2) is 4.39 Å². The average molecular weight is 243 g/mol. The predicted octanol–water partition coefficient (Wildman–Crippen LogP) is 2.06. The van der Waals surface area contributed by atoms with Gasteiger partial charge in [0.05, 0.1) is 11.9 Å². The van der Waals surface area contributed by atoms with Crippen LogP contribution in [-0.2, 0) is 6.61 Å². The number of hydrogen-bond acceptors (Lipinski definition) is 1. The van der Waals surface area contributed by atoms with Gasteiger partial charge < -0.3 is 5.11 Å². The van der Waals surface area contributed by atoms with Crippen LogP contribution >= 0.6 is 15.9 Å². The third-order valence-corrected chi connectivity index (χ3v) is 1.81. The summed E-state index contributed by atoms with van der Waals surface area (Å²) in [5.74, 6) is 5.26. The molecular formula is C10H8BrFO. The van der Waals surface area contributed by atoms with Crippen LogP contribution in [0.5, 0.6) is 0 Å². The SMILES string of the molecule is OCc1cc(F)ccc1C#CCBr. The summed E-state index contributed by atoms with van der Waals surface area (Å²) in [7, 11) is 0. The first-order chi connectivity index (χ1) is 6.27. The van der Waals surface area contributed by atoms with Crippen LogP contribution in [0.4, 0.5) is 4.39 Å². The van der Waals surface area contributed by atoms with E-state index >= 15 is 0 Å². The van der Waals surface area contributed by atoms with Crippen molar-refractivity contribution in [2.45, 2.75) is 6.61 Å². The summed E-state index contributed by atoms with van der Waals surface area (Å²) >= 11 is 3.16. The normalized spacial score (nSPS) is 9.15. The van der Waals surface area contributed by atoms with E-state index in [2.05, 4.69) is 27.8 Å². The zero-order chi connectivity index (χ0) is 9.68. The Labute approximate surface area is 84.7 Å². The molecule has 0 heterocycles. The van der Waals surface area contributed by atoms with Crippen molar-refractivity contribution in [3.63, 3.8) is 0 Å². The first kappa shape index (κ1) is 10.2. The molecular weight excluding hydrogens is 235 g/mol. The van der Waals surface area contributed by atoms with Crippen molar-refractivity contribution in [3.8, 4) is 11.8 Å². The fraction of sp³-hybridized carbons (Fsp3) is 0.200. The minimum Gasteiger partial charge on any atom is -0.392 e. The molecule has 0 saturated carbocycles. The zero-order valence-corrected chi connectivity index (χ0v) is 8.44. The molecule has 0 fully saturated rings. The highest BCUT2D eigenvalue weighted by atomic mass is 79.9. The molecule has 0 spiro atoms. The van der Waals surface area contributed by atoms with Crippen molar-refractivity contribution in [3.05, 3.63) is 35.1 Å². The van der Waals surface area contributed by atoms with Gasteiger partial charge >= 0.3 is 0 Å². The summed E-state index contributed by atoms with van der Waals surface area (Å²) < 4.78 is 12.7. The lowest BCUT2D eigenvalue weighted by Crippen LogP contribution is -1.90. The second kappa shape index (κ2) is 5.00. The fourth-order valence-corrected chi connectivity index (χ4v) is 1.08. The van der Waals surface area contributed by atoms with E-state index in [1.807, 2.05) is 0 Å². The number of halogens is 2. The summed E-state index contributed by atoms with van der Waals surface area (Å²) in [6, 6.07) is 4.19. The third kappa shape index (κ3) is 2.83. The Bertz CT molecular complexity index is 352. The van der Waals surface area contributed by atoms with Crippen LogP contribution in [0.25, 0.3) is 0 Å². The average Bonchev–Trinajstić information content (AvgIpc) is 2.16. The van der Waals surface area contributed by atoms with Gasteiger partial charge in [0.25, 0.3) is 0 Å². The molecule has 0 aliphatic carbocycles. The highest BCUT2D eigenvalue weighted by Gasteiger charge is 1.99. The maximum Gasteiger partial charge on any atom is 0.123 e. The molecule has 0 unspecified atom stereocenters. The van der Waals surface area contributed by atoms with Crippen molar-refractivity contribution in [2.24, 2.45) is 0 Å². The lowest BCUT2D eigenvalue weighted by atomic mass is 10.1. The van der Waals surface area contributed by atoms with Crippen LogP contribution in [0.3, 0.4) is 0 Å². The monoisotopic (exact) mass is 242 g/mol. The Morgan fingerprint density at radius 3 is 2.85 bits per heavy atom. The Hall–Kier alpha value is -0.850. The Kier molecular flexibility index (Phi) is 3.94. The van der Waals surface area contributed by atoms with Gasteiger partial charge in [0.15, 0.2) is 0 Å². The molecule has 68 valence electrons. The van der Waals surface area contributed by atoms with Crippen LogP contribution in [0.15, 0.2) is 18.2 Å². The number of aliphatic hydroxyl groups excluding tert-OH is 1. The van der Waals surface area contributed by atoms with Crippen LogP contribution in [0.2, 0.25) is 0 Å². The molecule has 1 nitrogen and oxygen atoms in total. The molecule has 0 atom stereocenters. The molecule has 1 N–H and O–H groups in total. The molecule has 1 aromatic rings. The fourth-order valence-electron chi connectivity index (χ4n) is 0.944.